The number of aryl methyl sites for hydroxylation is 1. The number of nitrogens with zero attached hydrogens (tertiary/aromatic N) is 1. The van der Waals surface area contributed by atoms with Crippen LogP contribution in [-0.4, -0.2) is 25.0 Å². The molecular formula is C22H19NO6. The van der Waals surface area contributed by atoms with Gasteiger partial charge in [-0.25, -0.2) is 4.79 Å². The highest BCUT2D eigenvalue weighted by molar-refractivity contribution is 6.01. The maximum Gasteiger partial charge on any atom is 0.336 e. The number of carbonyl (C=O) groups excluding carboxylic acids is 2. The molecule has 0 atom stereocenters. The Morgan fingerprint density at radius 1 is 1.14 bits per heavy atom. The Morgan fingerprint density at radius 2 is 1.97 bits per heavy atom. The molecule has 0 aliphatic carbocycles. The monoisotopic (exact) mass is 393 g/mol. The number of fused-ring (bicyclic) bond motifs is 2. The van der Waals surface area contributed by atoms with Crippen LogP contribution in [0.2, 0.25) is 0 Å². The Balaban J connectivity index is 1.51. The van der Waals surface area contributed by atoms with Crippen molar-refractivity contribution in [3.05, 3.63) is 70.1 Å². The van der Waals surface area contributed by atoms with E-state index in [-0.39, 0.29) is 25.7 Å². The molecule has 0 bridgehead atoms. The van der Waals surface area contributed by atoms with Crippen LogP contribution in [-0.2, 0) is 27.4 Å². The number of benzene rings is 2. The van der Waals surface area contributed by atoms with Crippen molar-refractivity contribution in [1.82, 2.24) is 0 Å². The van der Waals surface area contributed by atoms with Gasteiger partial charge in [-0.05, 0) is 30.2 Å². The van der Waals surface area contributed by atoms with Crippen molar-refractivity contribution < 1.29 is 23.5 Å². The fourth-order valence-electron chi connectivity index (χ4n) is 3.27. The van der Waals surface area contributed by atoms with E-state index in [4.69, 9.17) is 13.9 Å². The topological polar surface area (TPSA) is 86.0 Å². The van der Waals surface area contributed by atoms with Gasteiger partial charge in [-0.2, -0.15) is 0 Å². The normalized spacial score (nSPS) is 13.1. The largest absolute Gasteiger partial charge is 0.482 e. The van der Waals surface area contributed by atoms with Crippen molar-refractivity contribution in [2.75, 3.05) is 18.1 Å². The molecule has 7 heteroatoms. The molecule has 2 heterocycles. The zero-order valence-corrected chi connectivity index (χ0v) is 15.8. The van der Waals surface area contributed by atoms with Gasteiger partial charge in [-0.3, -0.25) is 14.5 Å². The first kappa shape index (κ1) is 18.7. The second-order valence-corrected chi connectivity index (χ2v) is 6.67. The molecule has 7 nitrogen and oxygen atoms in total. The van der Waals surface area contributed by atoms with Crippen molar-refractivity contribution in [2.24, 2.45) is 0 Å². The molecule has 4 rings (SSSR count). The molecule has 1 aliphatic rings. The van der Waals surface area contributed by atoms with Crippen LogP contribution in [0.4, 0.5) is 5.69 Å². The van der Waals surface area contributed by atoms with Gasteiger partial charge in [0.05, 0.1) is 5.69 Å². The molecule has 0 saturated carbocycles. The molecular weight excluding hydrogens is 374 g/mol. The van der Waals surface area contributed by atoms with E-state index in [9.17, 15) is 14.4 Å². The SMILES string of the molecule is CCc1ccc2c(COC(=O)CN3C(=O)COc4ccccc43)cc(=O)oc2c1. The number of rotatable bonds is 5. The summed E-state index contributed by atoms with van der Waals surface area (Å²) in [6.45, 7) is 1.55. The summed E-state index contributed by atoms with van der Waals surface area (Å²) in [5, 5.41) is 0.711. The summed E-state index contributed by atoms with van der Waals surface area (Å²) < 4.78 is 16.0. The molecule has 3 aromatic rings. The quantitative estimate of drug-likeness (QED) is 0.489. The molecule has 0 saturated heterocycles. The lowest BCUT2D eigenvalue weighted by atomic mass is 10.1. The van der Waals surface area contributed by atoms with Crippen molar-refractivity contribution >= 4 is 28.5 Å². The third-order valence-corrected chi connectivity index (χ3v) is 4.79. The van der Waals surface area contributed by atoms with Crippen LogP contribution < -0.4 is 15.3 Å². The van der Waals surface area contributed by atoms with Gasteiger partial charge in [0.15, 0.2) is 6.61 Å². The maximum atomic E-state index is 12.4. The third kappa shape index (κ3) is 3.85. The molecule has 0 radical (unpaired) electrons. The molecule has 0 fully saturated rings. The van der Waals surface area contributed by atoms with Crippen LogP contribution in [0.5, 0.6) is 5.75 Å². The van der Waals surface area contributed by atoms with Gasteiger partial charge in [0.25, 0.3) is 5.91 Å². The van der Waals surface area contributed by atoms with Gasteiger partial charge in [0.1, 0.15) is 24.5 Å². The van der Waals surface area contributed by atoms with E-state index in [1.807, 2.05) is 25.1 Å². The van der Waals surface area contributed by atoms with E-state index in [1.54, 1.807) is 24.3 Å². The van der Waals surface area contributed by atoms with Gasteiger partial charge in [0.2, 0.25) is 0 Å². The van der Waals surface area contributed by atoms with E-state index in [2.05, 4.69) is 0 Å². The molecule has 2 aromatic carbocycles. The molecule has 0 N–H and O–H groups in total. The Morgan fingerprint density at radius 3 is 2.79 bits per heavy atom. The first-order chi connectivity index (χ1) is 14.0. The summed E-state index contributed by atoms with van der Waals surface area (Å²) in [4.78, 5) is 37.8. The average Bonchev–Trinajstić information content (AvgIpc) is 2.73. The lowest BCUT2D eigenvalue weighted by Gasteiger charge is -2.28. The smallest absolute Gasteiger partial charge is 0.336 e. The third-order valence-electron chi connectivity index (χ3n) is 4.79. The van der Waals surface area contributed by atoms with Crippen LogP contribution in [0.15, 0.2) is 57.7 Å². The minimum Gasteiger partial charge on any atom is -0.482 e. The Bertz CT molecular complexity index is 1150. The van der Waals surface area contributed by atoms with Crippen LogP contribution in [0.1, 0.15) is 18.1 Å². The second-order valence-electron chi connectivity index (χ2n) is 6.67. The van der Waals surface area contributed by atoms with Crippen molar-refractivity contribution in [1.29, 1.82) is 0 Å². The summed E-state index contributed by atoms with van der Waals surface area (Å²) >= 11 is 0. The lowest BCUT2D eigenvalue weighted by Crippen LogP contribution is -2.42. The fraction of sp³-hybridized carbons (Fsp3) is 0.227. The summed E-state index contributed by atoms with van der Waals surface area (Å²) in [6.07, 6.45) is 0.813. The van der Waals surface area contributed by atoms with Crippen LogP contribution >= 0.6 is 0 Å². The highest BCUT2D eigenvalue weighted by atomic mass is 16.5. The molecule has 29 heavy (non-hydrogen) atoms. The summed E-state index contributed by atoms with van der Waals surface area (Å²) in [5.74, 6) is -0.363. The number of ether oxygens (including phenoxy) is 2. The first-order valence-electron chi connectivity index (χ1n) is 9.28. The van der Waals surface area contributed by atoms with E-state index < -0.39 is 11.6 Å². The molecule has 0 unspecified atom stereocenters. The van der Waals surface area contributed by atoms with Crippen molar-refractivity contribution in [3.63, 3.8) is 0 Å². The number of carbonyl (C=O) groups is 2. The van der Waals surface area contributed by atoms with Gasteiger partial charge < -0.3 is 13.9 Å². The summed E-state index contributed by atoms with van der Waals surface area (Å²) in [7, 11) is 0. The number of para-hydroxylation sites is 2. The highest BCUT2D eigenvalue weighted by Gasteiger charge is 2.27. The Labute approximate surface area is 166 Å². The van der Waals surface area contributed by atoms with Crippen LogP contribution in [0.3, 0.4) is 0 Å². The minimum absolute atomic E-state index is 0.0907. The number of amides is 1. The van der Waals surface area contributed by atoms with E-state index in [0.29, 0.717) is 28.0 Å². The number of anilines is 1. The lowest BCUT2D eigenvalue weighted by molar-refractivity contribution is -0.144. The van der Waals surface area contributed by atoms with E-state index in [0.717, 1.165) is 12.0 Å². The molecule has 1 aliphatic heterocycles. The van der Waals surface area contributed by atoms with Gasteiger partial charge in [0, 0.05) is 17.0 Å². The van der Waals surface area contributed by atoms with Gasteiger partial charge >= 0.3 is 11.6 Å². The number of hydrogen-bond acceptors (Lipinski definition) is 6. The Kier molecular flexibility index (Phi) is 5.03. The van der Waals surface area contributed by atoms with Crippen LogP contribution in [0, 0.1) is 0 Å². The standard InChI is InChI=1S/C22H19NO6/c1-2-14-7-8-16-15(10-21(25)29-19(16)9-14)12-28-22(26)11-23-17-5-3-4-6-18(17)27-13-20(23)24/h3-10H,2,11-13H2,1H3. The fourth-order valence-corrected chi connectivity index (χ4v) is 3.27. The predicted molar refractivity (Wildman–Crippen MR) is 106 cm³/mol. The van der Waals surface area contributed by atoms with Crippen molar-refractivity contribution in [3.8, 4) is 5.75 Å². The van der Waals surface area contributed by atoms with Crippen LogP contribution in [0.25, 0.3) is 11.0 Å². The molecule has 148 valence electrons. The summed E-state index contributed by atoms with van der Waals surface area (Å²) in [6, 6.07) is 13.9. The van der Waals surface area contributed by atoms with Gasteiger partial charge in [-0.1, -0.05) is 31.2 Å². The average molecular weight is 393 g/mol. The highest BCUT2D eigenvalue weighted by Crippen LogP contribution is 2.31. The van der Waals surface area contributed by atoms with Gasteiger partial charge in [-0.15, -0.1) is 0 Å². The predicted octanol–water partition coefficient (Wildman–Crippen LogP) is 2.82. The van der Waals surface area contributed by atoms with E-state index in [1.165, 1.54) is 11.0 Å². The zero-order chi connectivity index (χ0) is 20.4. The molecule has 1 amide bonds. The zero-order valence-electron chi connectivity index (χ0n) is 15.8. The second kappa shape index (κ2) is 7.79. The number of esters is 1. The number of hydrogen-bond donors (Lipinski definition) is 0. The Hall–Kier alpha value is -3.61. The molecule has 1 aromatic heterocycles. The maximum absolute atomic E-state index is 12.4. The first-order valence-corrected chi connectivity index (χ1v) is 9.28. The summed E-state index contributed by atoms with van der Waals surface area (Å²) in [5.41, 5.74) is 2.08. The molecule has 0 spiro atoms. The van der Waals surface area contributed by atoms with E-state index >= 15 is 0 Å². The minimum atomic E-state index is -0.582. The van der Waals surface area contributed by atoms with Crippen molar-refractivity contribution in [2.45, 2.75) is 20.0 Å².